The molecule has 0 amide bonds. The molecule has 2 unspecified atom stereocenters. The lowest BCUT2D eigenvalue weighted by atomic mass is 9.97. The molecule has 0 saturated carbocycles. The number of hydrogen-bond acceptors (Lipinski definition) is 6. The van der Waals surface area contributed by atoms with Crippen LogP contribution < -0.4 is 21.5 Å². The van der Waals surface area contributed by atoms with Crippen molar-refractivity contribution in [2.24, 2.45) is 0 Å². The predicted octanol–water partition coefficient (Wildman–Crippen LogP) is 4.37. The molecule has 0 radical (unpaired) electrons. The molecule has 0 aliphatic rings. The van der Waals surface area contributed by atoms with Crippen LogP contribution in [0, 0.1) is 5.82 Å². The molecule has 3 aromatic carbocycles. The number of nitrogens with one attached hydrogen (secondary N) is 2. The van der Waals surface area contributed by atoms with E-state index >= 15 is 0 Å². The van der Waals surface area contributed by atoms with E-state index in [1.165, 1.54) is 17.0 Å². The third kappa shape index (κ3) is 3.90. The molecule has 0 saturated heterocycles. The van der Waals surface area contributed by atoms with Crippen LogP contribution in [0.5, 0.6) is 5.75 Å². The smallest absolute Gasteiger partial charge is 0.271 e. The molecule has 2 atom stereocenters. The highest BCUT2D eigenvalue weighted by Crippen LogP contribution is 2.30. The Morgan fingerprint density at radius 2 is 1.73 bits per heavy atom. The van der Waals surface area contributed by atoms with Crippen molar-refractivity contribution < 1.29 is 9.50 Å². The average Bonchev–Trinajstić information content (AvgIpc) is 3.31. The van der Waals surface area contributed by atoms with Crippen LogP contribution in [0.3, 0.4) is 0 Å². The van der Waals surface area contributed by atoms with Gasteiger partial charge in [-0.1, -0.05) is 30.3 Å². The van der Waals surface area contributed by atoms with E-state index in [9.17, 15) is 19.1 Å². The second-order valence-electron chi connectivity index (χ2n) is 7.02. The minimum absolute atomic E-state index is 0.0502. The summed E-state index contributed by atoms with van der Waals surface area (Å²) in [7, 11) is 0. The Kier molecular flexibility index (Phi) is 5.48. The van der Waals surface area contributed by atoms with Gasteiger partial charge in [0.05, 0.1) is 6.04 Å². The van der Waals surface area contributed by atoms with Gasteiger partial charge in [0.25, 0.3) is 10.9 Å². The van der Waals surface area contributed by atoms with Crippen LogP contribution in [0.2, 0.25) is 0 Å². The highest BCUT2D eigenvalue weighted by molar-refractivity contribution is 7.10. The SMILES string of the molecule is CC(NC(c1ccc(F)cc1)c1cccc(Nc2c(O)c(=O)c2=O)c1)c1cccs1. The van der Waals surface area contributed by atoms with Crippen LogP contribution in [-0.4, -0.2) is 5.11 Å². The second-order valence-corrected chi connectivity index (χ2v) is 8.00. The molecule has 0 aliphatic heterocycles. The van der Waals surface area contributed by atoms with Gasteiger partial charge in [-0.15, -0.1) is 11.3 Å². The number of benzene rings is 2. The monoisotopic (exact) mass is 422 g/mol. The molecule has 152 valence electrons. The molecular formula is C23H19FN2O3S. The second kappa shape index (κ2) is 8.22. The first-order valence-electron chi connectivity index (χ1n) is 9.38. The minimum Gasteiger partial charge on any atom is -0.502 e. The van der Waals surface area contributed by atoms with Crippen molar-refractivity contribution in [2.45, 2.75) is 19.0 Å². The molecular weight excluding hydrogens is 403 g/mol. The zero-order chi connectivity index (χ0) is 21.3. The van der Waals surface area contributed by atoms with E-state index in [4.69, 9.17) is 0 Å². The summed E-state index contributed by atoms with van der Waals surface area (Å²) in [6.07, 6.45) is 0. The molecule has 5 nitrogen and oxygen atoms in total. The van der Waals surface area contributed by atoms with Crippen molar-refractivity contribution in [3.63, 3.8) is 0 Å². The van der Waals surface area contributed by atoms with E-state index in [2.05, 4.69) is 23.6 Å². The number of anilines is 2. The quantitative estimate of drug-likeness (QED) is 0.386. The molecule has 0 aliphatic carbocycles. The molecule has 4 rings (SSSR count). The lowest BCUT2D eigenvalue weighted by Crippen LogP contribution is -2.32. The maximum Gasteiger partial charge on any atom is 0.271 e. The number of aromatic hydroxyl groups is 1. The fourth-order valence-electron chi connectivity index (χ4n) is 3.35. The standard InChI is InChI=1S/C23H19FN2O3S/c1-13(18-6-3-11-30-18)25-19(14-7-9-16(24)10-8-14)15-4-2-5-17(12-15)26-20-21(27)23(29)22(20)28/h2-13,19,25-27H,1H3. The molecule has 3 N–H and O–H groups in total. The summed E-state index contributed by atoms with van der Waals surface area (Å²) in [5.41, 5.74) is 0.604. The highest BCUT2D eigenvalue weighted by atomic mass is 32.1. The van der Waals surface area contributed by atoms with Gasteiger partial charge in [0.2, 0.25) is 0 Å². The van der Waals surface area contributed by atoms with Gasteiger partial charge in [-0.2, -0.15) is 0 Å². The van der Waals surface area contributed by atoms with Gasteiger partial charge in [-0.3, -0.25) is 14.9 Å². The van der Waals surface area contributed by atoms with Gasteiger partial charge in [-0.25, -0.2) is 4.39 Å². The molecule has 0 spiro atoms. The molecule has 0 bridgehead atoms. The van der Waals surface area contributed by atoms with Crippen molar-refractivity contribution in [1.29, 1.82) is 0 Å². The Labute approximate surface area is 176 Å². The van der Waals surface area contributed by atoms with E-state index in [0.717, 1.165) is 11.1 Å². The number of halogens is 1. The summed E-state index contributed by atoms with van der Waals surface area (Å²) < 4.78 is 13.5. The molecule has 30 heavy (non-hydrogen) atoms. The predicted molar refractivity (Wildman–Crippen MR) is 117 cm³/mol. The van der Waals surface area contributed by atoms with E-state index in [0.29, 0.717) is 5.69 Å². The van der Waals surface area contributed by atoms with Gasteiger partial charge >= 0.3 is 0 Å². The van der Waals surface area contributed by atoms with Crippen LogP contribution in [0.4, 0.5) is 15.8 Å². The number of rotatable bonds is 7. The fraction of sp³-hybridized carbons (Fsp3) is 0.130. The Morgan fingerprint density at radius 3 is 2.40 bits per heavy atom. The molecule has 7 heteroatoms. The minimum atomic E-state index is -0.885. The van der Waals surface area contributed by atoms with Crippen LogP contribution >= 0.6 is 11.3 Å². The topological polar surface area (TPSA) is 78.4 Å². The Morgan fingerprint density at radius 1 is 0.967 bits per heavy atom. The Bertz CT molecular complexity index is 1230. The summed E-state index contributed by atoms with van der Waals surface area (Å²) in [5, 5.41) is 18.0. The fourth-order valence-corrected chi connectivity index (χ4v) is 4.09. The molecule has 1 aromatic heterocycles. The van der Waals surface area contributed by atoms with Gasteiger partial charge in [0.15, 0.2) is 5.75 Å². The largest absolute Gasteiger partial charge is 0.502 e. The lowest BCUT2D eigenvalue weighted by Gasteiger charge is -2.24. The average molecular weight is 422 g/mol. The zero-order valence-electron chi connectivity index (χ0n) is 16.1. The highest BCUT2D eigenvalue weighted by Gasteiger charge is 2.22. The van der Waals surface area contributed by atoms with E-state index in [-0.39, 0.29) is 23.6 Å². The first-order chi connectivity index (χ1) is 14.4. The van der Waals surface area contributed by atoms with Crippen molar-refractivity contribution in [3.8, 4) is 5.75 Å². The summed E-state index contributed by atoms with van der Waals surface area (Å²) >= 11 is 1.65. The third-order valence-electron chi connectivity index (χ3n) is 4.96. The Balaban J connectivity index is 1.67. The van der Waals surface area contributed by atoms with Crippen molar-refractivity contribution in [2.75, 3.05) is 5.32 Å². The van der Waals surface area contributed by atoms with Gasteiger partial charge < -0.3 is 10.4 Å². The van der Waals surface area contributed by atoms with Crippen LogP contribution in [0.15, 0.2) is 75.6 Å². The first-order valence-corrected chi connectivity index (χ1v) is 10.3. The lowest BCUT2D eigenvalue weighted by molar-refractivity contribution is 0.466. The van der Waals surface area contributed by atoms with Crippen molar-refractivity contribution >= 4 is 22.7 Å². The first kappa shape index (κ1) is 20.0. The molecule has 1 heterocycles. The maximum absolute atomic E-state index is 13.5. The van der Waals surface area contributed by atoms with Crippen molar-refractivity contribution in [1.82, 2.24) is 5.32 Å². The summed E-state index contributed by atoms with van der Waals surface area (Å²) in [4.78, 5) is 24.1. The van der Waals surface area contributed by atoms with Crippen LogP contribution in [0.1, 0.15) is 35.0 Å². The van der Waals surface area contributed by atoms with Gasteiger partial charge in [0.1, 0.15) is 11.5 Å². The third-order valence-corrected chi connectivity index (χ3v) is 6.02. The summed E-state index contributed by atoms with van der Waals surface area (Å²) in [6, 6.07) is 17.5. The van der Waals surface area contributed by atoms with Crippen molar-refractivity contribution in [3.05, 3.63) is 108 Å². The normalized spacial score (nSPS) is 13.3. The van der Waals surface area contributed by atoms with Crippen LogP contribution in [-0.2, 0) is 0 Å². The van der Waals surface area contributed by atoms with Crippen LogP contribution in [0.25, 0.3) is 0 Å². The van der Waals surface area contributed by atoms with Gasteiger partial charge in [0, 0.05) is 16.6 Å². The van der Waals surface area contributed by atoms with E-state index in [1.54, 1.807) is 29.5 Å². The van der Waals surface area contributed by atoms with E-state index in [1.807, 2.05) is 29.6 Å². The number of hydrogen-bond donors (Lipinski definition) is 3. The summed E-state index contributed by atoms with van der Waals surface area (Å²) in [5.74, 6) is -0.861. The summed E-state index contributed by atoms with van der Waals surface area (Å²) in [6.45, 7) is 2.06. The van der Waals surface area contributed by atoms with E-state index < -0.39 is 16.6 Å². The molecule has 0 fully saturated rings. The molecule has 4 aromatic rings. The zero-order valence-corrected chi connectivity index (χ0v) is 16.9. The van der Waals surface area contributed by atoms with Gasteiger partial charge in [-0.05, 0) is 53.8 Å². The maximum atomic E-state index is 13.5. The number of thiophene rings is 1. The Hall–Kier alpha value is -3.29.